The van der Waals surface area contributed by atoms with Crippen molar-refractivity contribution in [3.63, 3.8) is 0 Å². The van der Waals surface area contributed by atoms with Gasteiger partial charge in [-0.05, 0) is 42.3 Å². The van der Waals surface area contributed by atoms with Crippen LogP contribution in [0.4, 0.5) is 13.6 Å². The number of hydrogen-bond donors (Lipinski definition) is 3. The van der Waals surface area contributed by atoms with E-state index < -0.39 is 29.6 Å². The minimum absolute atomic E-state index is 0.192. The van der Waals surface area contributed by atoms with Crippen molar-refractivity contribution in [1.29, 1.82) is 0 Å². The number of benzene rings is 2. The Morgan fingerprint density at radius 2 is 1.88 bits per heavy atom. The molecule has 0 aliphatic carbocycles. The van der Waals surface area contributed by atoms with Crippen LogP contribution in [0.3, 0.4) is 0 Å². The molecule has 3 amide bonds. The molecule has 0 saturated carbocycles. The number of hydrogen-bond acceptors (Lipinski definition) is 2. The quantitative estimate of drug-likeness (QED) is 0.786. The number of halogens is 2. The van der Waals surface area contributed by atoms with Gasteiger partial charge >= 0.3 is 6.03 Å². The molecule has 24 heavy (non-hydrogen) atoms. The number of carbonyl (C=O) groups is 2. The van der Waals surface area contributed by atoms with Gasteiger partial charge in [-0.3, -0.25) is 4.79 Å². The van der Waals surface area contributed by atoms with Crippen molar-refractivity contribution in [3.05, 3.63) is 70.8 Å². The zero-order valence-corrected chi connectivity index (χ0v) is 13.0. The van der Waals surface area contributed by atoms with E-state index in [9.17, 15) is 18.4 Å². The normalized spacial score (nSPS) is 11.6. The van der Waals surface area contributed by atoms with Crippen LogP contribution in [0.25, 0.3) is 0 Å². The maximum atomic E-state index is 13.2. The number of nitrogens with one attached hydrogen (secondary N) is 2. The first-order chi connectivity index (χ1) is 11.4. The van der Waals surface area contributed by atoms with Crippen LogP contribution in [0.2, 0.25) is 0 Å². The second-order valence-corrected chi connectivity index (χ2v) is 5.29. The van der Waals surface area contributed by atoms with E-state index in [0.29, 0.717) is 16.7 Å². The zero-order valence-electron chi connectivity index (χ0n) is 13.0. The lowest BCUT2D eigenvalue weighted by Crippen LogP contribution is -2.36. The second kappa shape index (κ2) is 7.54. The predicted molar refractivity (Wildman–Crippen MR) is 85.1 cm³/mol. The first kappa shape index (κ1) is 17.4. The van der Waals surface area contributed by atoms with Crippen molar-refractivity contribution in [2.75, 3.05) is 0 Å². The van der Waals surface area contributed by atoms with Gasteiger partial charge in [-0.15, -0.1) is 0 Å². The lowest BCUT2D eigenvalue weighted by Gasteiger charge is -2.15. The summed E-state index contributed by atoms with van der Waals surface area (Å²) in [6.45, 7) is 1.84. The molecular weight excluding hydrogens is 316 g/mol. The molecule has 0 aromatic heterocycles. The Morgan fingerprint density at radius 1 is 1.12 bits per heavy atom. The molecule has 2 aromatic rings. The first-order valence-electron chi connectivity index (χ1n) is 7.25. The molecule has 4 N–H and O–H groups in total. The third-order valence-corrected chi connectivity index (χ3v) is 3.46. The number of primary amides is 1. The fourth-order valence-electron chi connectivity index (χ4n) is 2.13. The highest BCUT2D eigenvalue weighted by Gasteiger charge is 2.12. The first-order valence-corrected chi connectivity index (χ1v) is 7.25. The standard InChI is InChI=1S/C17H17F2N3O2/c1-10(12-5-6-14(18)15(19)8-12)22-17(24)21-9-11-3-2-4-13(7-11)16(20)23/h2-8,10H,9H2,1H3,(H2,20,23)(H2,21,22,24). The van der Waals surface area contributed by atoms with Crippen LogP contribution in [-0.2, 0) is 6.54 Å². The van der Waals surface area contributed by atoms with E-state index in [1.165, 1.54) is 6.07 Å². The molecule has 0 saturated heterocycles. The molecule has 5 nitrogen and oxygen atoms in total. The molecule has 0 spiro atoms. The van der Waals surface area contributed by atoms with Crippen LogP contribution >= 0.6 is 0 Å². The number of rotatable bonds is 5. The Hall–Kier alpha value is -2.96. The molecule has 1 unspecified atom stereocenters. The van der Waals surface area contributed by atoms with E-state index in [1.807, 2.05) is 0 Å². The molecule has 0 aliphatic heterocycles. The van der Waals surface area contributed by atoms with Crippen molar-refractivity contribution in [2.45, 2.75) is 19.5 Å². The van der Waals surface area contributed by atoms with Crippen LogP contribution < -0.4 is 16.4 Å². The molecular formula is C17H17F2N3O2. The van der Waals surface area contributed by atoms with Crippen LogP contribution in [0.5, 0.6) is 0 Å². The van der Waals surface area contributed by atoms with E-state index in [1.54, 1.807) is 31.2 Å². The molecule has 0 aliphatic rings. The highest BCUT2D eigenvalue weighted by atomic mass is 19.2. The number of nitrogens with two attached hydrogens (primary N) is 1. The number of amides is 3. The highest BCUT2D eigenvalue weighted by molar-refractivity contribution is 5.92. The molecule has 0 radical (unpaired) electrons. The van der Waals surface area contributed by atoms with Crippen LogP contribution in [0, 0.1) is 11.6 Å². The van der Waals surface area contributed by atoms with E-state index in [2.05, 4.69) is 10.6 Å². The maximum Gasteiger partial charge on any atom is 0.315 e. The average Bonchev–Trinajstić information content (AvgIpc) is 2.55. The van der Waals surface area contributed by atoms with E-state index in [0.717, 1.165) is 12.1 Å². The summed E-state index contributed by atoms with van der Waals surface area (Å²) in [5.74, 6) is -2.46. The second-order valence-electron chi connectivity index (χ2n) is 5.29. The topological polar surface area (TPSA) is 84.2 Å². The van der Waals surface area contributed by atoms with Gasteiger partial charge in [0.05, 0.1) is 6.04 Å². The smallest absolute Gasteiger partial charge is 0.315 e. The Bertz CT molecular complexity index is 765. The molecule has 0 heterocycles. The Kier molecular flexibility index (Phi) is 5.47. The Labute approximate surface area is 137 Å². The lowest BCUT2D eigenvalue weighted by molar-refractivity contribution is 0.1000. The van der Waals surface area contributed by atoms with Crippen molar-refractivity contribution < 1.29 is 18.4 Å². The van der Waals surface area contributed by atoms with E-state index in [-0.39, 0.29) is 6.54 Å². The zero-order chi connectivity index (χ0) is 17.7. The van der Waals surface area contributed by atoms with E-state index >= 15 is 0 Å². The summed E-state index contributed by atoms with van der Waals surface area (Å²) < 4.78 is 26.1. The molecule has 7 heteroatoms. The summed E-state index contributed by atoms with van der Waals surface area (Å²) in [6, 6.07) is 9.05. The van der Waals surface area contributed by atoms with Gasteiger partial charge in [-0.2, -0.15) is 0 Å². The monoisotopic (exact) mass is 333 g/mol. The van der Waals surface area contributed by atoms with Crippen molar-refractivity contribution >= 4 is 11.9 Å². The number of urea groups is 1. The lowest BCUT2D eigenvalue weighted by atomic mass is 10.1. The van der Waals surface area contributed by atoms with Gasteiger partial charge in [0, 0.05) is 12.1 Å². The average molecular weight is 333 g/mol. The summed E-state index contributed by atoms with van der Waals surface area (Å²) in [7, 11) is 0. The minimum Gasteiger partial charge on any atom is -0.366 e. The minimum atomic E-state index is -0.968. The van der Waals surface area contributed by atoms with Gasteiger partial charge in [0.1, 0.15) is 0 Å². The third-order valence-electron chi connectivity index (χ3n) is 3.46. The molecule has 0 bridgehead atoms. The fraction of sp³-hybridized carbons (Fsp3) is 0.176. The van der Waals surface area contributed by atoms with Gasteiger partial charge < -0.3 is 16.4 Å². The van der Waals surface area contributed by atoms with Crippen molar-refractivity contribution in [3.8, 4) is 0 Å². The van der Waals surface area contributed by atoms with Gasteiger partial charge in [0.25, 0.3) is 0 Å². The van der Waals surface area contributed by atoms with Crippen molar-refractivity contribution in [1.82, 2.24) is 10.6 Å². The predicted octanol–water partition coefficient (Wildman–Crippen LogP) is 2.62. The molecule has 1 atom stereocenters. The van der Waals surface area contributed by atoms with Crippen LogP contribution in [0.15, 0.2) is 42.5 Å². The fourth-order valence-corrected chi connectivity index (χ4v) is 2.13. The summed E-state index contributed by atoms with van der Waals surface area (Å²) >= 11 is 0. The van der Waals surface area contributed by atoms with Gasteiger partial charge in [0.15, 0.2) is 11.6 Å². The van der Waals surface area contributed by atoms with Gasteiger partial charge in [-0.1, -0.05) is 18.2 Å². The van der Waals surface area contributed by atoms with Gasteiger partial charge in [0.2, 0.25) is 5.91 Å². The SMILES string of the molecule is CC(NC(=O)NCc1cccc(C(N)=O)c1)c1ccc(F)c(F)c1. The van der Waals surface area contributed by atoms with Crippen molar-refractivity contribution in [2.24, 2.45) is 5.73 Å². The largest absolute Gasteiger partial charge is 0.366 e. The molecule has 0 fully saturated rings. The molecule has 126 valence electrons. The van der Waals surface area contributed by atoms with Crippen LogP contribution in [0.1, 0.15) is 34.5 Å². The maximum absolute atomic E-state index is 13.2. The Balaban J connectivity index is 1.92. The summed E-state index contributed by atoms with van der Waals surface area (Å²) in [5.41, 5.74) is 6.70. The molecule has 2 aromatic carbocycles. The summed E-state index contributed by atoms with van der Waals surface area (Å²) in [4.78, 5) is 23.0. The Morgan fingerprint density at radius 3 is 2.54 bits per heavy atom. The number of carbonyl (C=O) groups excluding carboxylic acids is 2. The van der Waals surface area contributed by atoms with Crippen LogP contribution in [-0.4, -0.2) is 11.9 Å². The highest BCUT2D eigenvalue weighted by Crippen LogP contribution is 2.15. The summed E-state index contributed by atoms with van der Waals surface area (Å²) in [5, 5.41) is 5.24. The third kappa shape index (κ3) is 4.52. The molecule has 2 rings (SSSR count). The van der Waals surface area contributed by atoms with E-state index in [4.69, 9.17) is 5.73 Å². The summed E-state index contributed by atoms with van der Waals surface area (Å²) in [6.07, 6.45) is 0. The van der Waals surface area contributed by atoms with Gasteiger partial charge in [-0.25, -0.2) is 13.6 Å².